The first kappa shape index (κ1) is 23.8. The van der Waals surface area contributed by atoms with Crippen molar-refractivity contribution in [2.24, 2.45) is 0 Å². The fraction of sp³-hybridized carbons (Fsp3) is 0.550. The van der Waals surface area contributed by atoms with E-state index >= 15 is 0 Å². The van der Waals surface area contributed by atoms with Crippen molar-refractivity contribution in [1.82, 2.24) is 4.31 Å². The summed E-state index contributed by atoms with van der Waals surface area (Å²) in [6.45, 7) is 3.64. The van der Waals surface area contributed by atoms with E-state index in [0.29, 0.717) is 36.6 Å². The third-order valence-corrected chi connectivity index (χ3v) is 8.28. The van der Waals surface area contributed by atoms with E-state index in [-0.39, 0.29) is 22.7 Å². The highest BCUT2D eigenvalue weighted by molar-refractivity contribution is 7.98. The van der Waals surface area contributed by atoms with Crippen molar-refractivity contribution < 1.29 is 32.2 Å². The Bertz CT molecular complexity index is 965. The van der Waals surface area contributed by atoms with Gasteiger partial charge in [-0.2, -0.15) is 8.70 Å². The topological polar surface area (TPSA) is 96.4 Å². The molecule has 0 aromatic heterocycles. The number of anilines is 1. The molecular formula is C20H27FN2O6S2. The molecule has 0 radical (unpaired) electrons. The number of halogens is 1. The number of carboxylic acids is 1. The maximum absolute atomic E-state index is 13.5. The van der Waals surface area contributed by atoms with Crippen LogP contribution in [0.15, 0.2) is 34.0 Å². The van der Waals surface area contributed by atoms with Gasteiger partial charge in [0.15, 0.2) is 0 Å². The SMILES string of the molecule is CCCCC1CN(C2COC2)c2cc(SC)c(O/C=C(\F)C(=O)O)cc2S(=O)(=O)N1C. The van der Waals surface area contributed by atoms with Crippen molar-refractivity contribution in [1.29, 1.82) is 0 Å². The second-order valence-electron chi connectivity index (χ2n) is 7.52. The fourth-order valence-corrected chi connectivity index (χ4v) is 5.74. The molecule has 172 valence electrons. The lowest BCUT2D eigenvalue weighted by Crippen LogP contribution is -2.53. The molecule has 1 unspecified atom stereocenters. The van der Waals surface area contributed by atoms with Gasteiger partial charge in [0.25, 0.3) is 0 Å². The van der Waals surface area contributed by atoms with Gasteiger partial charge in [0.05, 0.1) is 29.8 Å². The summed E-state index contributed by atoms with van der Waals surface area (Å²) in [7, 11) is -2.28. The highest BCUT2D eigenvalue weighted by Gasteiger charge is 2.40. The van der Waals surface area contributed by atoms with Gasteiger partial charge >= 0.3 is 5.97 Å². The number of unbranched alkanes of at least 4 members (excludes halogenated alkanes) is 1. The van der Waals surface area contributed by atoms with Crippen molar-refractivity contribution in [3.63, 3.8) is 0 Å². The first-order chi connectivity index (χ1) is 14.7. The van der Waals surface area contributed by atoms with Crippen LogP contribution in [0.3, 0.4) is 0 Å². The number of hydrogen-bond donors (Lipinski definition) is 1. The number of rotatable bonds is 8. The summed E-state index contributed by atoms with van der Waals surface area (Å²) in [5, 5.41) is 8.71. The van der Waals surface area contributed by atoms with Gasteiger partial charge in [-0.1, -0.05) is 19.8 Å². The number of benzene rings is 1. The predicted octanol–water partition coefficient (Wildman–Crippen LogP) is 3.08. The maximum atomic E-state index is 13.5. The zero-order chi connectivity index (χ0) is 22.8. The van der Waals surface area contributed by atoms with Gasteiger partial charge in [-0.05, 0) is 18.7 Å². The number of carbonyl (C=O) groups is 1. The van der Waals surface area contributed by atoms with E-state index in [4.69, 9.17) is 14.6 Å². The molecule has 2 aliphatic rings. The fourth-order valence-electron chi connectivity index (χ4n) is 3.63. The Balaban J connectivity index is 2.12. The van der Waals surface area contributed by atoms with Crippen LogP contribution in [0.2, 0.25) is 0 Å². The molecule has 0 bridgehead atoms. The van der Waals surface area contributed by atoms with Crippen LogP contribution in [-0.2, 0) is 19.6 Å². The van der Waals surface area contributed by atoms with Gasteiger partial charge in [0, 0.05) is 25.7 Å². The molecule has 1 aromatic rings. The number of ether oxygens (including phenoxy) is 2. The van der Waals surface area contributed by atoms with E-state index in [1.54, 1.807) is 19.4 Å². The van der Waals surface area contributed by atoms with E-state index in [1.165, 1.54) is 22.1 Å². The zero-order valence-electron chi connectivity index (χ0n) is 17.7. The van der Waals surface area contributed by atoms with Gasteiger partial charge in [0.1, 0.15) is 16.9 Å². The molecule has 11 heteroatoms. The van der Waals surface area contributed by atoms with Gasteiger partial charge in [-0.25, -0.2) is 13.2 Å². The third kappa shape index (κ3) is 4.84. The van der Waals surface area contributed by atoms with Crippen molar-refractivity contribution >= 4 is 33.4 Å². The summed E-state index contributed by atoms with van der Waals surface area (Å²) in [4.78, 5) is 13.4. The minimum atomic E-state index is -3.86. The molecular weight excluding hydrogens is 447 g/mol. The summed E-state index contributed by atoms with van der Waals surface area (Å²) in [6.07, 6.45) is 4.84. The molecule has 8 nitrogen and oxygen atoms in total. The first-order valence-electron chi connectivity index (χ1n) is 10.0. The molecule has 0 aliphatic carbocycles. The quantitative estimate of drug-likeness (QED) is 0.349. The molecule has 1 N–H and O–H groups in total. The molecule has 0 amide bonds. The standard InChI is InChI=1S/C20H27FN2O6S2/c1-4-5-6-13-9-23(14-10-28-11-14)16-7-18(30-3)17(29-12-15(21)20(24)25)8-19(16)31(26,27)22(13)2/h7-8,12-14H,4-6,9-11H2,1-3H3,(H,24,25)/b15-12-. The Hall–Kier alpha value is -1.82. The number of likely N-dealkylation sites (N-methyl/N-ethyl adjacent to an activating group) is 1. The molecule has 1 aromatic carbocycles. The molecule has 2 heterocycles. The molecule has 1 fully saturated rings. The van der Waals surface area contributed by atoms with E-state index in [1.807, 2.05) is 0 Å². The highest BCUT2D eigenvalue weighted by Crippen LogP contribution is 2.42. The Morgan fingerprint density at radius 3 is 2.68 bits per heavy atom. The smallest absolute Gasteiger partial charge is 0.368 e. The van der Waals surface area contributed by atoms with Gasteiger partial charge in [-0.15, -0.1) is 11.8 Å². The zero-order valence-corrected chi connectivity index (χ0v) is 19.3. The Morgan fingerprint density at radius 2 is 2.13 bits per heavy atom. The number of sulfonamides is 1. The van der Waals surface area contributed by atoms with Crippen LogP contribution in [-0.4, -0.2) is 68.9 Å². The van der Waals surface area contributed by atoms with Crippen LogP contribution in [0.1, 0.15) is 26.2 Å². The van der Waals surface area contributed by atoms with E-state index in [9.17, 15) is 17.6 Å². The summed E-state index contributed by atoms with van der Waals surface area (Å²) in [5.74, 6) is -3.16. The molecule has 1 saturated heterocycles. The third-order valence-electron chi connectivity index (χ3n) is 5.58. The maximum Gasteiger partial charge on any atom is 0.368 e. The Labute approximate surface area is 186 Å². The number of hydrogen-bond acceptors (Lipinski definition) is 7. The average molecular weight is 475 g/mol. The lowest BCUT2D eigenvalue weighted by atomic mass is 10.1. The van der Waals surface area contributed by atoms with Gasteiger partial charge < -0.3 is 19.5 Å². The number of thioether (sulfide) groups is 1. The molecule has 3 rings (SSSR count). The summed E-state index contributed by atoms with van der Waals surface area (Å²) >= 11 is 1.30. The Kier molecular flexibility index (Phi) is 7.51. The van der Waals surface area contributed by atoms with Crippen LogP contribution < -0.4 is 9.64 Å². The van der Waals surface area contributed by atoms with Crippen molar-refractivity contribution in [2.45, 2.75) is 48.1 Å². The number of fused-ring (bicyclic) bond motifs is 1. The van der Waals surface area contributed by atoms with E-state index in [0.717, 1.165) is 19.3 Å². The number of nitrogens with zero attached hydrogens (tertiary/aromatic N) is 2. The predicted molar refractivity (Wildman–Crippen MR) is 116 cm³/mol. The monoisotopic (exact) mass is 474 g/mol. The van der Waals surface area contributed by atoms with E-state index in [2.05, 4.69) is 11.8 Å². The molecule has 31 heavy (non-hydrogen) atoms. The summed E-state index contributed by atoms with van der Waals surface area (Å²) in [5.41, 5.74) is 0.554. The van der Waals surface area contributed by atoms with Crippen molar-refractivity contribution in [2.75, 3.05) is 38.0 Å². The van der Waals surface area contributed by atoms with Gasteiger partial charge in [0.2, 0.25) is 15.9 Å². The largest absolute Gasteiger partial charge is 0.476 e. The molecule has 2 aliphatic heterocycles. The Morgan fingerprint density at radius 1 is 1.42 bits per heavy atom. The summed E-state index contributed by atoms with van der Waals surface area (Å²) < 4.78 is 52.4. The van der Waals surface area contributed by atoms with Crippen LogP contribution in [0.4, 0.5) is 10.1 Å². The van der Waals surface area contributed by atoms with Crippen LogP contribution >= 0.6 is 11.8 Å². The van der Waals surface area contributed by atoms with Crippen LogP contribution in [0.25, 0.3) is 0 Å². The molecule has 0 saturated carbocycles. The van der Waals surface area contributed by atoms with Crippen LogP contribution in [0, 0.1) is 0 Å². The minimum absolute atomic E-state index is 0.0535. The minimum Gasteiger partial charge on any atom is -0.476 e. The molecule has 0 spiro atoms. The molecule has 1 atom stereocenters. The summed E-state index contributed by atoms with van der Waals surface area (Å²) in [6, 6.07) is 2.93. The van der Waals surface area contributed by atoms with Crippen molar-refractivity contribution in [3.05, 3.63) is 24.2 Å². The van der Waals surface area contributed by atoms with Gasteiger partial charge in [-0.3, -0.25) is 0 Å². The second kappa shape index (κ2) is 9.76. The lowest BCUT2D eigenvalue weighted by Gasteiger charge is -2.40. The number of carboxylic acid groups (broad SMARTS) is 1. The van der Waals surface area contributed by atoms with Crippen molar-refractivity contribution in [3.8, 4) is 5.75 Å². The first-order valence-corrected chi connectivity index (χ1v) is 12.7. The number of aliphatic carboxylic acids is 1. The highest BCUT2D eigenvalue weighted by atomic mass is 32.2. The average Bonchev–Trinajstić information content (AvgIpc) is 2.77. The van der Waals surface area contributed by atoms with E-state index < -0.39 is 21.8 Å². The van der Waals surface area contributed by atoms with Crippen LogP contribution in [0.5, 0.6) is 5.75 Å². The second-order valence-corrected chi connectivity index (χ2v) is 10.3. The normalized spacial score (nSPS) is 21.9. The lowest BCUT2D eigenvalue weighted by molar-refractivity contribution is -0.134.